The maximum atomic E-state index is 11.7. The van der Waals surface area contributed by atoms with Gasteiger partial charge in [-0.25, -0.2) is 0 Å². The van der Waals surface area contributed by atoms with E-state index in [9.17, 15) is 4.79 Å². The average molecular weight is 235 g/mol. The number of pyridine rings is 1. The summed E-state index contributed by atoms with van der Waals surface area (Å²) in [6.45, 7) is 5.58. The van der Waals surface area contributed by atoms with E-state index in [1.165, 1.54) is 0 Å². The molecule has 1 amide bonds. The van der Waals surface area contributed by atoms with Crippen LogP contribution in [0.5, 0.6) is 0 Å². The van der Waals surface area contributed by atoms with Crippen LogP contribution in [0.1, 0.15) is 12.5 Å². The minimum Gasteiger partial charge on any atom is -0.363 e. The Balaban J connectivity index is 1.83. The number of nitrogens with one attached hydrogen (secondary N) is 2. The van der Waals surface area contributed by atoms with Crippen LogP contribution in [0.4, 0.5) is 5.69 Å². The van der Waals surface area contributed by atoms with Crippen molar-refractivity contribution < 1.29 is 9.53 Å². The van der Waals surface area contributed by atoms with Gasteiger partial charge in [-0.2, -0.15) is 0 Å². The van der Waals surface area contributed by atoms with Crippen molar-refractivity contribution in [2.75, 3.05) is 25.0 Å². The van der Waals surface area contributed by atoms with Gasteiger partial charge in [0.1, 0.15) is 6.61 Å². The zero-order valence-electron chi connectivity index (χ0n) is 10.1. The van der Waals surface area contributed by atoms with Gasteiger partial charge in [-0.15, -0.1) is 0 Å². The maximum absolute atomic E-state index is 11.7. The molecule has 0 spiro atoms. The molecule has 0 aromatic carbocycles. The summed E-state index contributed by atoms with van der Waals surface area (Å²) in [4.78, 5) is 15.6. The Morgan fingerprint density at radius 2 is 2.41 bits per heavy atom. The predicted molar refractivity (Wildman–Crippen MR) is 64.8 cm³/mol. The lowest BCUT2D eigenvalue weighted by atomic mass is 10.0. The van der Waals surface area contributed by atoms with Gasteiger partial charge in [-0.1, -0.05) is 0 Å². The van der Waals surface area contributed by atoms with Crippen molar-refractivity contribution in [1.82, 2.24) is 10.3 Å². The highest BCUT2D eigenvalue weighted by Gasteiger charge is 2.32. The van der Waals surface area contributed by atoms with Crippen molar-refractivity contribution in [1.29, 1.82) is 0 Å². The highest BCUT2D eigenvalue weighted by Crippen LogP contribution is 2.15. The first-order valence-electron chi connectivity index (χ1n) is 5.64. The summed E-state index contributed by atoms with van der Waals surface area (Å²) >= 11 is 0. The number of hydrogen-bond donors (Lipinski definition) is 2. The first-order chi connectivity index (χ1) is 8.09. The largest absolute Gasteiger partial charge is 0.363 e. The monoisotopic (exact) mass is 235 g/mol. The van der Waals surface area contributed by atoms with E-state index in [-0.39, 0.29) is 18.1 Å². The van der Waals surface area contributed by atoms with Crippen LogP contribution in [0, 0.1) is 6.92 Å². The fraction of sp³-hybridized carbons (Fsp3) is 0.500. The zero-order chi connectivity index (χ0) is 12.3. The fourth-order valence-electron chi connectivity index (χ4n) is 1.62. The lowest BCUT2D eigenvalue weighted by molar-refractivity contribution is -0.130. The standard InChI is InChI=1S/C12H17N3O2/c1-9-5-13-4-3-10(9)15-11(16)6-17-12(2)7-14-8-12/h3-5,14H,6-8H2,1-2H3,(H,13,15,16). The molecule has 1 aromatic rings. The van der Waals surface area contributed by atoms with Gasteiger partial charge in [-0.3, -0.25) is 9.78 Å². The maximum Gasteiger partial charge on any atom is 0.250 e. The first kappa shape index (κ1) is 12.0. The van der Waals surface area contributed by atoms with Crippen LogP contribution in [0.25, 0.3) is 0 Å². The molecule has 92 valence electrons. The third kappa shape index (κ3) is 3.01. The normalized spacial score (nSPS) is 17.3. The van der Waals surface area contributed by atoms with E-state index in [0.717, 1.165) is 24.3 Å². The molecule has 2 heterocycles. The van der Waals surface area contributed by atoms with E-state index in [2.05, 4.69) is 15.6 Å². The molecule has 0 bridgehead atoms. The molecule has 2 rings (SSSR count). The van der Waals surface area contributed by atoms with Crippen molar-refractivity contribution >= 4 is 11.6 Å². The second-order valence-electron chi connectivity index (χ2n) is 4.58. The van der Waals surface area contributed by atoms with Crippen molar-refractivity contribution in [2.24, 2.45) is 0 Å². The Labute approximate surface area is 101 Å². The number of ether oxygens (including phenoxy) is 1. The zero-order valence-corrected chi connectivity index (χ0v) is 10.1. The summed E-state index contributed by atoms with van der Waals surface area (Å²) in [5.74, 6) is -0.132. The van der Waals surface area contributed by atoms with Crippen molar-refractivity contribution in [2.45, 2.75) is 19.4 Å². The number of aryl methyl sites for hydroxylation is 1. The summed E-state index contributed by atoms with van der Waals surface area (Å²) in [7, 11) is 0. The molecule has 1 aromatic heterocycles. The Morgan fingerprint density at radius 1 is 1.65 bits per heavy atom. The Kier molecular flexibility index (Phi) is 3.40. The molecule has 1 saturated heterocycles. The molecule has 1 aliphatic heterocycles. The molecule has 0 radical (unpaired) electrons. The number of hydrogen-bond acceptors (Lipinski definition) is 4. The smallest absolute Gasteiger partial charge is 0.250 e. The molecular weight excluding hydrogens is 218 g/mol. The van der Waals surface area contributed by atoms with Crippen LogP contribution < -0.4 is 10.6 Å². The third-order valence-corrected chi connectivity index (χ3v) is 2.84. The number of anilines is 1. The molecule has 1 aliphatic rings. The van der Waals surface area contributed by atoms with Crippen LogP contribution in [-0.4, -0.2) is 36.2 Å². The summed E-state index contributed by atoms with van der Waals surface area (Å²) in [5.41, 5.74) is 1.54. The number of nitrogens with zero attached hydrogens (tertiary/aromatic N) is 1. The number of aromatic nitrogens is 1. The second-order valence-corrected chi connectivity index (χ2v) is 4.58. The quantitative estimate of drug-likeness (QED) is 0.806. The van der Waals surface area contributed by atoms with Crippen molar-refractivity contribution in [3.8, 4) is 0 Å². The Bertz CT molecular complexity index is 416. The lowest BCUT2D eigenvalue weighted by Crippen LogP contribution is -2.59. The number of carbonyl (C=O) groups is 1. The van der Waals surface area contributed by atoms with Crippen LogP contribution >= 0.6 is 0 Å². The summed E-state index contributed by atoms with van der Waals surface area (Å²) in [6.07, 6.45) is 3.37. The van der Waals surface area contributed by atoms with Gasteiger partial charge in [0.05, 0.1) is 5.60 Å². The van der Waals surface area contributed by atoms with E-state index in [1.807, 2.05) is 13.8 Å². The van der Waals surface area contributed by atoms with Gasteiger partial charge in [0.15, 0.2) is 0 Å². The number of amides is 1. The van der Waals surface area contributed by atoms with Gasteiger partial charge in [0.25, 0.3) is 0 Å². The highest BCUT2D eigenvalue weighted by molar-refractivity contribution is 5.92. The fourth-order valence-corrected chi connectivity index (χ4v) is 1.62. The molecule has 0 aliphatic carbocycles. The predicted octanol–water partition coefficient (Wildman–Crippen LogP) is 0.707. The van der Waals surface area contributed by atoms with Crippen molar-refractivity contribution in [3.63, 3.8) is 0 Å². The minimum atomic E-state index is -0.190. The second kappa shape index (κ2) is 4.81. The van der Waals surface area contributed by atoms with E-state index in [1.54, 1.807) is 18.5 Å². The van der Waals surface area contributed by atoms with Crippen LogP contribution in [0.15, 0.2) is 18.5 Å². The van der Waals surface area contributed by atoms with E-state index < -0.39 is 0 Å². The van der Waals surface area contributed by atoms with Crippen LogP contribution in [-0.2, 0) is 9.53 Å². The lowest BCUT2D eigenvalue weighted by Gasteiger charge is -2.38. The molecule has 0 saturated carbocycles. The minimum absolute atomic E-state index is 0.0833. The molecule has 17 heavy (non-hydrogen) atoms. The van der Waals surface area contributed by atoms with Gasteiger partial charge in [-0.05, 0) is 25.5 Å². The Morgan fingerprint density at radius 3 is 3.00 bits per heavy atom. The molecule has 5 nitrogen and oxygen atoms in total. The van der Waals surface area contributed by atoms with Crippen molar-refractivity contribution in [3.05, 3.63) is 24.0 Å². The van der Waals surface area contributed by atoms with Crippen LogP contribution in [0.2, 0.25) is 0 Å². The van der Waals surface area contributed by atoms with Gasteiger partial charge in [0, 0.05) is 31.2 Å². The molecule has 0 unspecified atom stereocenters. The topological polar surface area (TPSA) is 63.2 Å². The first-order valence-corrected chi connectivity index (χ1v) is 5.64. The summed E-state index contributed by atoms with van der Waals surface area (Å²) in [5, 5.41) is 5.93. The molecule has 1 fully saturated rings. The third-order valence-electron chi connectivity index (χ3n) is 2.84. The number of rotatable bonds is 4. The molecule has 2 N–H and O–H groups in total. The average Bonchev–Trinajstić information content (AvgIpc) is 2.27. The molecular formula is C12H17N3O2. The Hall–Kier alpha value is -1.46. The van der Waals surface area contributed by atoms with Gasteiger partial charge >= 0.3 is 0 Å². The van der Waals surface area contributed by atoms with Gasteiger partial charge < -0.3 is 15.4 Å². The summed E-state index contributed by atoms with van der Waals surface area (Å²) < 4.78 is 5.55. The summed E-state index contributed by atoms with van der Waals surface area (Å²) in [6, 6.07) is 1.78. The molecule has 0 atom stereocenters. The number of carbonyl (C=O) groups excluding carboxylic acids is 1. The molecule has 5 heteroatoms. The SMILES string of the molecule is Cc1cnccc1NC(=O)COC1(C)CNC1. The van der Waals surface area contributed by atoms with E-state index in [4.69, 9.17) is 4.74 Å². The highest BCUT2D eigenvalue weighted by atomic mass is 16.5. The van der Waals surface area contributed by atoms with Crippen LogP contribution in [0.3, 0.4) is 0 Å². The van der Waals surface area contributed by atoms with Gasteiger partial charge in [0.2, 0.25) is 5.91 Å². The van der Waals surface area contributed by atoms with E-state index in [0.29, 0.717) is 0 Å². The van der Waals surface area contributed by atoms with E-state index >= 15 is 0 Å².